The van der Waals surface area contributed by atoms with E-state index in [4.69, 9.17) is 14.2 Å². The van der Waals surface area contributed by atoms with Crippen LogP contribution in [0.5, 0.6) is 5.75 Å². The van der Waals surface area contributed by atoms with Crippen LogP contribution in [0.3, 0.4) is 0 Å². The van der Waals surface area contributed by atoms with E-state index >= 15 is 0 Å². The van der Waals surface area contributed by atoms with E-state index in [9.17, 15) is 14.4 Å². The van der Waals surface area contributed by atoms with Crippen LogP contribution in [0.15, 0.2) is 46.8 Å². The Labute approximate surface area is 201 Å². The molecule has 1 heterocycles. The Hall–Kier alpha value is -3.29. The summed E-state index contributed by atoms with van der Waals surface area (Å²) in [4.78, 5) is 39.4. The van der Waals surface area contributed by atoms with Crippen LogP contribution in [0.2, 0.25) is 0 Å². The van der Waals surface area contributed by atoms with Gasteiger partial charge in [0.1, 0.15) is 17.4 Å². The van der Waals surface area contributed by atoms with Crippen LogP contribution in [-0.2, 0) is 23.9 Å². The standard InChI is InChI=1S/C26H36N2O6/c1-14(2)22(25(31)34-26(5,6)7)28-23(29)19-15(3)27-16(4)20(24(30)33-9)21(19)17-12-10-11-13-18(17)32-8/h10-14,21-22,27H,1-9H3,(H,28,29). The van der Waals surface area contributed by atoms with Crippen molar-refractivity contribution in [3.8, 4) is 5.75 Å². The smallest absolute Gasteiger partial charge is 0.336 e. The fraction of sp³-hybridized carbons (Fsp3) is 0.500. The average Bonchev–Trinajstić information content (AvgIpc) is 2.74. The highest BCUT2D eigenvalue weighted by Gasteiger charge is 2.40. The van der Waals surface area contributed by atoms with Crippen molar-refractivity contribution in [2.75, 3.05) is 14.2 Å². The van der Waals surface area contributed by atoms with Gasteiger partial charge in [-0.1, -0.05) is 32.0 Å². The fourth-order valence-corrected chi connectivity index (χ4v) is 3.97. The molecule has 0 aliphatic carbocycles. The molecule has 2 unspecified atom stereocenters. The lowest BCUT2D eigenvalue weighted by Crippen LogP contribution is -2.49. The normalized spacial score (nSPS) is 17.2. The number of esters is 2. The molecule has 1 aromatic carbocycles. The van der Waals surface area contributed by atoms with Gasteiger partial charge in [-0.25, -0.2) is 9.59 Å². The number of hydrogen-bond donors (Lipinski definition) is 2. The molecule has 8 nitrogen and oxygen atoms in total. The molecule has 0 bridgehead atoms. The van der Waals surface area contributed by atoms with Crippen molar-refractivity contribution in [2.24, 2.45) is 5.92 Å². The summed E-state index contributed by atoms with van der Waals surface area (Å²) >= 11 is 0. The van der Waals surface area contributed by atoms with Crippen LogP contribution >= 0.6 is 0 Å². The zero-order chi connectivity index (χ0) is 25.8. The molecule has 0 fully saturated rings. The Kier molecular flexibility index (Phi) is 8.53. The van der Waals surface area contributed by atoms with Gasteiger partial charge in [0.2, 0.25) is 0 Å². The third-order valence-corrected chi connectivity index (χ3v) is 5.47. The lowest BCUT2D eigenvalue weighted by Gasteiger charge is -2.33. The first kappa shape index (κ1) is 27.0. The number of rotatable bonds is 7. The molecule has 1 aliphatic heterocycles. The van der Waals surface area contributed by atoms with Crippen molar-refractivity contribution >= 4 is 17.8 Å². The fourth-order valence-electron chi connectivity index (χ4n) is 3.97. The second-order valence-electron chi connectivity index (χ2n) is 9.60. The number of hydrogen-bond acceptors (Lipinski definition) is 7. The van der Waals surface area contributed by atoms with Gasteiger partial charge >= 0.3 is 11.9 Å². The van der Waals surface area contributed by atoms with Crippen LogP contribution in [0.25, 0.3) is 0 Å². The number of nitrogens with one attached hydrogen (secondary N) is 2. The monoisotopic (exact) mass is 472 g/mol. The summed E-state index contributed by atoms with van der Waals surface area (Å²) in [6, 6.07) is 6.32. The molecule has 2 N–H and O–H groups in total. The summed E-state index contributed by atoms with van der Waals surface area (Å²) in [6.07, 6.45) is 0. The van der Waals surface area contributed by atoms with Crippen molar-refractivity contribution in [2.45, 2.75) is 66.0 Å². The maximum atomic E-state index is 13.7. The predicted octanol–water partition coefficient (Wildman–Crippen LogP) is 3.59. The van der Waals surface area contributed by atoms with Crippen LogP contribution in [0.4, 0.5) is 0 Å². The molecular weight excluding hydrogens is 436 g/mol. The summed E-state index contributed by atoms with van der Waals surface area (Å²) in [6.45, 7) is 12.5. The van der Waals surface area contributed by atoms with Crippen molar-refractivity contribution in [1.29, 1.82) is 0 Å². The molecule has 1 aromatic rings. The summed E-state index contributed by atoms with van der Waals surface area (Å²) in [5.74, 6) is -2.04. The molecule has 0 aromatic heterocycles. The van der Waals surface area contributed by atoms with E-state index in [0.29, 0.717) is 33.9 Å². The van der Waals surface area contributed by atoms with Gasteiger partial charge in [0, 0.05) is 22.5 Å². The molecule has 8 heteroatoms. The molecule has 2 rings (SSSR count). The number of dihydropyridines is 1. The maximum absolute atomic E-state index is 13.7. The topological polar surface area (TPSA) is 103 Å². The van der Waals surface area contributed by atoms with Gasteiger partial charge < -0.3 is 24.8 Å². The maximum Gasteiger partial charge on any atom is 0.336 e. The first-order chi connectivity index (χ1) is 15.8. The van der Waals surface area contributed by atoms with Gasteiger partial charge in [0.05, 0.1) is 25.7 Å². The average molecular weight is 473 g/mol. The minimum Gasteiger partial charge on any atom is -0.496 e. The molecule has 0 radical (unpaired) electrons. The van der Waals surface area contributed by atoms with E-state index in [2.05, 4.69) is 10.6 Å². The SMILES string of the molecule is COC(=O)C1=C(C)NC(C)=C(C(=O)NC(C(=O)OC(C)(C)C)C(C)C)C1c1ccccc1OC. The van der Waals surface area contributed by atoms with Gasteiger partial charge in [0.15, 0.2) is 0 Å². The minimum atomic E-state index is -0.876. The minimum absolute atomic E-state index is 0.224. The highest BCUT2D eigenvalue weighted by Crippen LogP contribution is 2.42. The lowest BCUT2D eigenvalue weighted by atomic mass is 9.79. The number of ether oxygens (including phenoxy) is 3. The molecule has 0 saturated carbocycles. The highest BCUT2D eigenvalue weighted by atomic mass is 16.6. The van der Waals surface area contributed by atoms with Crippen LogP contribution in [-0.4, -0.2) is 43.7 Å². The van der Waals surface area contributed by atoms with Crippen molar-refractivity contribution in [1.82, 2.24) is 10.6 Å². The Morgan fingerprint density at radius 3 is 2.12 bits per heavy atom. The second kappa shape index (κ2) is 10.8. The lowest BCUT2D eigenvalue weighted by molar-refractivity contribution is -0.159. The third kappa shape index (κ3) is 5.98. The highest BCUT2D eigenvalue weighted by molar-refractivity contribution is 6.03. The van der Waals surface area contributed by atoms with Crippen LogP contribution in [0.1, 0.15) is 59.9 Å². The number of methoxy groups -OCH3 is 2. The van der Waals surface area contributed by atoms with E-state index in [1.807, 2.05) is 26.0 Å². The Bertz CT molecular complexity index is 1020. The van der Waals surface area contributed by atoms with Gasteiger partial charge in [-0.15, -0.1) is 0 Å². The zero-order valence-electron chi connectivity index (χ0n) is 21.5. The summed E-state index contributed by atoms with van der Waals surface area (Å²) < 4.78 is 16.1. The van der Waals surface area contributed by atoms with E-state index in [-0.39, 0.29) is 5.92 Å². The number of benzene rings is 1. The van der Waals surface area contributed by atoms with Crippen molar-refractivity contribution in [3.63, 3.8) is 0 Å². The van der Waals surface area contributed by atoms with E-state index in [1.54, 1.807) is 46.8 Å². The molecule has 2 atom stereocenters. The second-order valence-corrected chi connectivity index (χ2v) is 9.60. The Morgan fingerprint density at radius 1 is 1.00 bits per heavy atom. The van der Waals surface area contributed by atoms with Crippen LogP contribution < -0.4 is 15.4 Å². The number of allylic oxidation sites excluding steroid dienone is 2. The number of carbonyl (C=O) groups is 3. The molecular formula is C26H36N2O6. The van der Waals surface area contributed by atoms with Gasteiger partial charge in [-0.2, -0.15) is 0 Å². The molecule has 34 heavy (non-hydrogen) atoms. The van der Waals surface area contributed by atoms with Gasteiger partial charge in [-0.3, -0.25) is 4.79 Å². The molecule has 186 valence electrons. The van der Waals surface area contributed by atoms with Crippen LogP contribution in [0, 0.1) is 5.92 Å². The number of carbonyl (C=O) groups excluding carboxylic acids is 3. The van der Waals surface area contributed by atoms with E-state index < -0.39 is 35.4 Å². The number of para-hydroxylation sites is 1. The first-order valence-electron chi connectivity index (χ1n) is 11.3. The summed E-state index contributed by atoms with van der Waals surface area (Å²) in [7, 11) is 2.83. The molecule has 0 spiro atoms. The number of amides is 1. The molecule has 1 aliphatic rings. The molecule has 1 amide bonds. The van der Waals surface area contributed by atoms with Crippen molar-refractivity contribution in [3.05, 3.63) is 52.4 Å². The summed E-state index contributed by atoms with van der Waals surface area (Å²) in [5.41, 5.74) is 1.66. The van der Waals surface area contributed by atoms with E-state index in [1.165, 1.54) is 14.2 Å². The quantitative estimate of drug-likeness (QED) is 0.585. The Balaban J connectivity index is 2.59. The molecule has 0 saturated heterocycles. The zero-order valence-corrected chi connectivity index (χ0v) is 21.5. The van der Waals surface area contributed by atoms with E-state index in [0.717, 1.165) is 0 Å². The Morgan fingerprint density at radius 2 is 1.59 bits per heavy atom. The largest absolute Gasteiger partial charge is 0.496 e. The predicted molar refractivity (Wildman–Crippen MR) is 129 cm³/mol. The van der Waals surface area contributed by atoms with Gasteiger partial charge in [0.25, 0.3) is 5.91 Å². The van der Waals surface area contributed by atoms with Gasteiger partial charge in [-0.05, 0) is 46.6 Å². The summed E-state index contributed by atoms with van der Waals surface area (Å²) in [5, 5.41) is 5.96. The third-order valence-electron chi connectivity index (χ3n) is 5.47. The van der Waals surface area contributed by atoms with Crippen molar-refractivity contribution < 1.29 is 28.6 Å². The first-order valence-corrected chi connectivity index (χ1v) is 11.3.